The van der Waals surface area contributed by atoms with Gasteiger partial charge in [-0.1, -0.05) is 43.7 Å². The molecule has 5 heteroatoms. The number of unbranched alkanes of at least 4 members (excludes halogenated alkanes) is 1. The summed E-state index contributed by atoms with van der Waals surface area (Å²) in [5.74, 6) is 0.924. The van der Waals surface area contributed by atoms with Gasteiger partial charge in [-0.3, -0.25) is 4.99 Å². The van der Waals surface area contributed by atoms with Crippen LogP contribution in [0.15, 0.2) is 35.3 Å². The molecule has 4 nitrogen and oxygen atoms in total. The third-order valence-electron chi connectivity index (χ3n) is 3.23. The van der Waals surface area contributed by atoms with Gasteiger partial charge in [0.1, 0.15) is 0 Å². The Balaban J connectivity index is 0.00000441. The molecular formula is C17H30IN3O. The Morgan fingerprint density at radius 3 is 2.50 bits per heavy atom. The Labute approximate surface area is 152 Å². The molecule has 0 aromatic heterocycles. The van der Waals surface area contributed by atoms with Gasteiger partial charge in [0.15, 0.2) is 5.96 Å². The van der Waals surface area contributed by atoms with Gasteiger partial charge in [0.05, 0.1) is 0 Å². The van der Waals surface area contributed by atoms with Gasteiger partial charge in [0.25, 0.3) is 0 Å². The molecule has 0 aliphatic heterocycles. The van der Waals surface area contributed by atoms with E-state index >= 15 is 0 Å². The van der Waals surface area contributed by atoms with Gasteiger partial charge in [-0.15, -0.1) is 24.0 Å². The van der Waals surface area contributed by atoms with Crippen molar-refractivity contribution in [2.24, 2.45) is 4.99 Å². The van der Waals surface area contributed by atoms with Gasteiger partial charge in [-0.25, -0.2) is 0 Å². The van der Waals surface area contributed by atoms with E-state index in [0.717, 1.165) is 45.1 Å². The molecule has 1 aromatic rings. The van der Waals surface area contributed by atoms with E-state index in [2.05, 4.69) is 53.4 Å². The van der Waals surface area contributed by atoms with Gasteiger partial charge >= 0.3 is 0 Å². The normalized spacial score (nSPS) is 11.0. The lowest BCUT2D eigenvalue weighted by Crippen LogP contribution is -2.39. The number of halogens is 1. The number of guanidine groups is 1. The highest BCUT2D eigenvalue weighted by Crippen LogP contribution is 2.02. The number of benzene rings is 1. The molecule has 126 valence electrons. The summed E-state index contributed by atoms with van der Waals surface area (Å²) < 4.78 is 5.55. The lowest BCUT2D eigenvalue weighted by atomic mass is 10.2. The monoisotopic (exact) mass is 419 g/mol. The zero-order valence-corrected chi connectivity index (χ0v) is 16.4. The summed E-state index contributed by atoms with van der Waals surface area (Å²) in [5.41, 5.74) is 1.28. The first-order valence-corrected chi connectivity index (χ1v) is 7.81. The second-order valence-electron chi connectivity index (χ2n) is 5.14. The minimum Gasteiger partial charge on any atom is -0.381 e. The Hall–Kier alpha value is -0.820. The quantitative estimate of drug-likeness (QED) is 0.288. The molecule has 0 aliphatic carbocycles. The minimum atomic E-state index is 0. The van der Waals surface area contributed by atoms with Crippen LogP contribution in [0, 0.1) is 0 Å². The van der Waals surface area contributed by atoms with Crippen molar-refractivity contribution in [3.05, 3.63) is 35.9 Å². The molecule has 0 unspecified atom stereocenters. The van der Waals surface area contributed by atoms with Crippen LogP contribution in [-0.2, 0) is 11.3 Å². The Kier molecular flexibility index (Phi) is 13.3. The lowest BCUT2D eigenvalue weighted by Gasteiger charge is -2.22. The summed E-state index contributed by atoms with van der Waals surface area (Å²) in [6.07, 6.45) is 3.34. The van der Waals surface area contributed by atoms with Crippen molar-refractivity contribution in [3.8, 4) is 0 Å². The molecule has 1 aromatic carbocycles. The topological polar surface area (TPSA) is 36.9 Å². The molecular weight excluding hydrogens is 389 g/mol. The van der Waals surface area contributed by atoms with Crippen LogP contribution in [0.2, 0.25) is 0 Å². The molecule has 0 atom stereocenters. The van der Waals surface area contributed by atoms with Crippen LogP contribution in [0.1, 0.15) is 31.7 Å². The van der Waals surface area contributed by atoms with Crippen molar-refractivity contribution in [2.75, 3.05) is 33.9 Å². The SMILES string of the molecule is CCCCOCCCNC(=NC)N(C)Cc1ccccc1.I. The number of aliphatic imine (C=N–C) groups is 1. The molecule has 1 rings (SSSR count). The van der Waals surface area contributed by atoms with Crippen LogP contribution in [0.25, 0.3) is 0 Å². The maximum atomic E-state index is 5.55. The lowest BCUT2D eigenvalue weighted by molar-refractivity contribution is 0.129. The molecule has 0 aliphatic rings. The first-order valence-electron chi connectivity index (χ1n) is 7.81. The van der Waals surface area contributed by atoms with E-state index in [-0.39, 0.29) is 24.0 Å². The average molecular weight is 419 g/mol. The van der Waals surface area contributed by atoms with E-state index in [9.17, 15) is 0 Å². The van der Waals surface area contributed by atoms with Crippen molar-refractivity contribution >= 4 is 29.9 Å². The van der Waals surface area contributed by atoms with Crippen LogP contribution in [0.4, 0.5) is 0 Å². The number of hydrogen-bond donors (Lipinski definition) is 1. The minimum absolute atomic E-state index is 0. The van der Waals surface area contributed by atoms with Crippen molar-refractivity contribution in [1.82, 2.24) is 10.2 Å². The molecule has 1 N–H and O–H groups in total. The average Bonchev–Trinajstić information content (AvgIpc) is 2.51. The molecule has 0 radical (unpaired) electrons. The molecule has 0 saturated heterocycles. The zero-order valence-electron chi connectivity index (χ0n) is 14.0. The van der Waals surface area contributed by atoms with Crippen molar-refractivity contribution < 1.29 is 4.74 Å². The second kappa shape index (κ2) is 13.8. The van der Waals surface area contributed by atoms with Crippen LogP contribution >= 0.6 is 24.0 Å². The Morgan fingerprint density at radius 1 is 1.18 bits per heavy atom. The fourth-order valence-corrected chi connectivity index (χ4v) is 2.04. The third kappa shape index (κ3) is 9.25. The zero-order chi connectivity index (χ0) is 15.3. The summed E-state index contributed by atoms with van der Waals surface area (Å²) in [5, 5.41) is 3.38. The first-order chi connectivity index (χ1) is 10.3. The van der Waals surface area contributed by atoms with Crippen LogP contribution in [-0.4, -0.2) is 44.7 Å². The highest BCUT2D eigenvalue weighted by molar-refractivity contribution is 14.0. The van der Waals surface area contributed by atoms with Crippen LogP contribution in [0.3, 0.4) is 0 Å². The maximum Gasteiger partial charge on any atom is 0.193 e. The van der Waals surface area contributed by atoms with E-state index < -0.39 is 0 Å². The summed E-state index contributed by atoms with van der Waals surface area (Å²) >= 11 is 0. The molecule has 0 heterocycles. The van der Waals surface area contributed by atoms with E-state index in [1.54, 1.807) is 0 Å². The van der Waals surface area contributed by atoms with E-state index in [4.69, 9.17) is 4.74 Å². The van der Waals surface area contributed by atoms with E-state index in [1.807, 2.05) is 13.1 Å². The fraction of sp³-hybridized carbons (Fsp3) is 0.588. The fourth-order valence-electron chi connectivity index (χ4n) is 2.04. The van der Waals surface area contributed by atoms with Gasteiger partial charge in [-0.05, 0) is 18.4 Å². The summed E-state index contributed by atoms with van der Waals surface area (Å²) in [4.78, 5) is 6.45. The van der Waals surface area contributed by atoms with Crippen LogP contribution < -0.4 is 5.32 Å². The molecule has 0 spiro atoms. The Bertz CT molecular complexity index is 398. The van der Waals surface area contributed by atoms with E-state index in [0.29, 0.717) is 0 Å². The van der Waals surface area contributed by atoms with Crippen LogP contribution in [0.5, 0.6) is 0 Å². The highest BCUT2D eigenvalue weighted by Gasteiger charge is 2.05. The first kappa shape index (κ1) is 21.2. The summed E-state index contributed by atoms with van der Waals surface area (Å²) in [6, 6.07) is 10.4. The summed E-state index contributed by atoms with van der Waals surface area (Å²) in [7, 11) is 3.88. The molecule has 0 bridgehead atoms. The molecule has 22 heavy (non-hydrogen) atoms. The number of ether oxygens (including phenoxy) is 1. The second-order valence-corrected chi connectivity index (χ2v) is 5.14. The van der Waals surface area contributed by atoms with Crippen molar-refractivity contribution in [2.45, 2.75) is 32.7 Å². The van der Waals surface area contributed by atoms with Gasteiger partial charge in [-0.2, -0.15) is 0 Å². The number of nitrogens with zero attached hydrogens (tertiary/aromatic N) is 2. The van der Waals surface area contributed by atoms with Crippen molar-refractivity contribution in [3.63, 3.8) is 0 Å². The van der Waals surface area contributed by atoms with Gasteiger partial charge < -0.3 is 15.0 Å². The maximum absolute atomic E-state index is 5.55. The highest BCUT2D eigenvalue weighted by atomic mass is 127. The van der Waals surface area contributed by atoms with Crippen molar-refractivity contribution in [1.29, 1.82) is 0 Å². The van der Waals surface area contributed by atoms with E-state index in [1.165, 1.54) is 12.0 Å². The largest absolute Gasteiger partial charge is 0.381 e. The molecule has 0 amide bonds. The smallest absolute Gasteiger partial charge is 0.193 e. The number of nitrogens with one attached hydrogen (secondary N) is 1. The number of rotatable bonds is 9. The predicted molar refractivity (Wildman–Crippen MR) is 105 cm³/mol. The van der Waals surface area contributed by atoms with Gasteiger partial charge in [0, 0.05) is 40.4 Å². The predicted octanol–water partition coefficient (Wildman–Crippen LogP) is 3.52. The molecule has 0 fully saturated rings. The van der Waals surface area contributed by atoms with Gasteiger partial charge in [0.2, 0.25) is 0 Å². The standard InChI is InChI=1S/C17H29N3O.HI/c1-4-5-13-21-14-9-12-19-17(18-2)20(3)15-16-10-7-6-8-11-16;/h6-8,10-11H,4-5,9,12-15H2,1-3H3,(H,18,19);1H. The Morgan fingerprint density at radius 2 is 1.86 bits per heavy atom. The number of hydrogen-bond acceptors (Lipinski definition) is 2. The molecule has 0 saturated carbocycles. The summed E-state index contributed by atoms with van der Waals surface area (Å²) in [6.45, 7) is 5.61. The third-order valence-corrected chi connectivity index (χ3v) is 3.23.